The number of morpholine rings is 1. The van der Waals surface area contributed by atoms with Gasteiger partial charge in [0.25, 0.3) is 5.91 Å². The topological polar surface area (TPSA) is 42.4 Å². The molecule has 0 N–H and O–H groups in total. The van der Waals surface area contributed by atoms with Crippen LogP contribution in [0.1, 0.15) is 41.4 Å². The molecule has 1 aliphatic heterocycles. The van der Waals surface area contributed by atoms with E-state index in [4.69, 9.17) is 4.74 Å². The highest BCUT2D eigenvalue weighted by molar-refractivity contribution is 5.94. The summed E-state index contributed by atoms with van der Waals surface area (Å²) in [5, 5.41) is 0. The van der Waals surface area contributed by atoms with E-state index in [1.807, 2.05) is 24.8 Å². The molecule has 4 heteroatoms. The Labute approximate surface area is 137 Å². The van der Waals surface area contributed by atoms with Crippen LogP contribution in [-0.2, 0) is 4.74 Å². The van der Waals surface area contributed by atoms with Gasteiger partial charge in [0.1, 0.15) is 6.10 Å². The average Bonchev–Trinajstić information content (AvgIpc) is 2.56. The summed E-state index contributed by atoms with van der Waals surface area (Å²) in [6.45, 7) is 7.19. The molecule has 1 fully saturated rings. The Kier molecular flexibility index (Phi) is 4.18. The molecule has 1 atom stereocenters. The second-order valence-electron chi connectivity index (χ2n) is 6.68. The van der Waals surface area contributed by atoms with Crippen molar-refractivity contribution in [3.63, 3.8) is 0 Å². The molecule has 4 nitrogen and oxygen atoms in total. The Morgan fingerprint density at radius 1 is 1.26 bits per heavy atom. The fraction of sp³-hybridized carbons (Fsp3) is 0.368. The highest BCUT2D eigenvalue weighted by Crippen LogP contribution is 2.31. The number of hydrogen-bond acceptors (Lipinski definition) is 3. The van der Waals surface area contributed by atoms with Crippen LogP contribution in [0.4, 0.5) is 0 Å². The largest absolute Gasteiger partial charge is 0.369 e. The molecule has 23 heavy (non-hydrogen) atoms. The van der Waals surface area contributed by atoms with Crippen LogP contribution in [0, 0.1) is 6.92 Å². The number of pyridine rings is 1. The first kappa shape index (κ1) is 15.7. The smallest absolute Gasteiger partial charge is 0.256 e. The molecule has 1 unspecified atom stereocenters. The summed E-state index contributed by atoms with van der Waals surface area (Å²) in [5.74, 6) is 0.00325. The molecule has 1 aromatic carbocycles. The molecule has 120 valence electrons. The predicted molar refractivity (Wildman–Crippen MR) is 89.2 cm³/mol. The molecular weight excluding hydrogens is 288 g/mol. The zero-order chi connectivity index (χ0) is 16.4. The number of carbonyl (C=O) groups is 1. The molecule has 1 aromatic heterocycles. The molecule has 3 rings (SSSR count). The van der Waals surface area contributed by atoms with Crippen molar-refractivity contribution in [1.29, 1.82) is 0 Å². The standard InChI is InChI=1S/C19H22N2O2/c1-14-6-8-15(9-7-14)17-12-21(19(2,3)13-23-17)18(22)16-5-4-10-20-11-16/h4-11,17H,12-13H2,1-3H3. The molecule has 0 aliphatic carbocycles. The minimum absolute atomic E-state index is 0.00325. The molecule has 1 amide bonds. The number of nitrogens with zero attached hydrogens (tertiary/aromatic N) is 2. The maximum Gasteiger partial charge on any atom is 0.256 e. The third-order valence-corrected chi connectivity index (χ3v) is 4.32. The Bertz CT molecular complexity index is 680. The van der Waals surface area contributed by atoms with E-state index in [1.165, 1.54) is 5.56 Å². The third-order valence-electron chi connectivity index (χ3n) is 4.32. The van der Waals surface area contributed by atoms with Crippen molar-refractivity contribution >= 4 is 5.91 Å². The van der Waals surface area contributed by atoms with Gasteiger partial charge in [0.2, 0.25) is 0 Å². The van der Waals surface area contributed by atoms with Crippen molar-refractivity contribution in [1.82, 2.24) is 9.88 Å². The summed E-state index contributed by atoms with van der Waals surface area (Å²) in [6.07, 6.45) is 3.20. The highest BCUT2D eigenvalue weighted by atomic mass is 16.5. The van der Waals surface area contributed by atoms with Gasteiger partial charge in [0, 0.05) is 12.4 Å². The third kappa shape index (κ3) is 3.27. The zero-order valence-corrected chi connectivity index (χ0v) is 13.8. The Morgan fingerprint density at radius 2 is 2.00 bits per heavy atom. The van der Waals surface area contributed by atoms with Gasteiger partial charge in [0.05, 0.1) is 24.3 Å². The maximum absolute atomic E-state index is 12.9. The van der Waals surface area contributed by atoms with Crippen LogP contribution in [0.3, 0.4) is 0 Å². The first-order valence-electron chi connectivity index (χ1n) is 7.87. The van der Waals surface area contributed by atoms with Gasteiger partial charge >= 0.3 is 0 Å². The summed E-state index contributed by atoms with van der Waals surface area (Å²) in [6, 6.07) is 11.9. The van der Waals surface area contributed by atoms with Gasteiger partial charge in [-0.1, -0.05) is 29.8 Å². The molecule has 2 heterocycles. The summed E-state index contributed by atoms with van der Waals surface area (Å²) < 4.78 is 6.03. The fourth-order valence-corrected chi connectivity index (χ4v) is 2.83. The van der Waals surface area contributed by atoms with Crippen LogP contribution in [0.5, 0.6) is 0 Å². The minimum Gasteiger partial charge on any atom is -0.369 e. The Hall–Kier alpha value is -2.20. The van der Waals surface area contributed by atoms with Gasteiger partial charge in [-0.05, 0) is 38.5 Å². The van der Waals surface area contributed by atoms with Crippen LogP contribution >= 0.6 is 0 Å². The van der Waals surface area contributed by atoms with Crippen molar-refractivity contribution in [2.45, 2.75) is 32.4 Å². The Balaban J connectivity index is 1.85. The van der Waals surface area contributed by atoms with Gasteiger partial charge in [0.15, 0.2) is 0 Å². The normalized spacial score (nSPS) is 20.3. The van der Waals surface area contributed by atoms with Crippen molar-refractivity contribution in [3.05, 3.63) is 65.5 Å². The van der Waals surface area contributed by atoms with Crippen LogP contribution in [0.15, 0.2) is 48.8 Å². The van der Waals surface area contributed by atoms with E-state index >= 15 is 0 Å². The van der Waals surface area contributed by atoms with E-state index < -0.39 is 0 Å². The molecule has 1 saturated heterocycles. The number of carbonyl (C=O) groups excluding carboxylic acids is 1. The zero-order valence-electron chi connectivity index (χ0n) is 13.8. The molecule has 2 aromatic rings. The van der Waals surface area contributed by atoms with Gasteiger partial charge < -0.3 is 9.64 Å². The van der Waals surface area contributed by atoms with Gasteiger partial charge in [-0.3, -0.25) is 9.78 Å². The van der Waals surface area contributed by atoms with Crippen molar-refractivity contribution < 1.29 is 9.53 Å². The van der Waals surface area contributed by atoms with E-state index in [-0.39, 0.29) is 17.6 Å². The Morgan fingerprint density at radius 3 is 2.65 bits per heavy atom. The van der Waals surface area contributed by atoms with E-state index in [0.29, 0.717) is 18.7 Å². The number of amides is 1. The average molecular weight is 310 g/mol. The number of aromatic nitrogens is 1. The molecule has 0 radical (unpaired) electrons. The first-order valence-corrected chi connectivity index (χ1v) is 7.87. The SMILES string of the molecule is Cc1ccc(C2CN(C(=O)c3cccnc3)C(C)(C)CO2)cc1. The van der Waals surface area contributed by atoms with E-state index in [9.17, 15) is 4.79 Å². The molecule has 1 aliphatic rings. The summed E-state index contributed by atoms with van der Waals surface area (Å²) in [5.41, 5.74) is 2.60. The van der Waals surface area contributed by atoms with E-state index in [2.05, 4.69) is 36.2 Å². The monoisotopic (exact) mass is 310 g/mol. The maximum atomic E-state index is 12.9. The van der Waals surface area contributed by atoms with Crippen LogP contribution in [0.25, 0.3) is 0 Å². The second kappa shape index (κ2) is 6.13. The lowest BCUT2D eigenvalue weighted by atomic mass is 9.96. The van der Waals surface area contributed by atoms with Crippen molar-refractivity contribution in [2.24, 2.45) is 0 Å². The number of hydrogen-bond donors (Lipinski definition) is 0. The number of ether oxygens (including phenoxy) is 1. The highest BCUT2D eigenvalue weighted by Gasteiger charge is 2.38. The summed E-state index contributed by atoms with van der Waals surface area (Å²) in [7, 11) is 0. The summed E-state index contributed by atoms with van der Waals surface area (Å²) >= 11 is 0. The number of rotatable bonds is 2. The number of benzene rings is 1. The quantitative estimate of drug-likeness (QED) is 0.854. The minimum atomic E-state index is -0.339. The van der Waals surface area contributed by atoms with Crippen molar-refractivity contribution in [2.75, 3.05) is 13.2 Å². The lowest BCUT2D eigenvalue weighted by Crippen LogP contribution is -2.56. The van der Waals surface area contributed by atoms with Gasteiger partial charge in [-0.25, -0.2) is 0 Å². The van der Waals surface area contributed by atoms with Crippen molar-refractivity contribution in [3.8, 4) is 0 Å². The molecular formula is C19H22N2O2. The molecule has 0 saturated carbocycles. The first-order chi connectivity index (χ1) is 11.0. The lowest BCUT2D eigenvalue weighted by Gasteiger charge is -2.45. The van der Waals surface area contributed by atoms with Crippen LogP contribution < -0.4 is 0 Å². The molecule has 0 bridgehead atoms. The number of aryl methyl sites for hydroxylation is 1. The predicted octanol–water partition coefficient (Wildman–Crippen LogP) is 3.38. The van der Waals surface area contributed by atoms with Gasteiger partial charge in [-0.15, -0.1) is 0 Å². The fourth-order valence-electron chi connectivity index (χ4n) is 2.83. The molecule has 0 spiro atoms. The summed E-state index contributed by atoms with van der Waals surface area (Å²) in [4.78, 5) is 18.8. The lowest BCUT2D eigenvalue weighted by molar-refractivity contribution is -0.0846. The van der Waals surface area contributed by atoms with Gasteiger partial charge in [-0.2, -0.15) is 0 Å². The van der Waals surface area contributed by atoms with Crippen LogP contribution in [0.2, 0.25) is 0 Å². The van der Waals surface area contributed by atoms with Crippen LogP contribution in [-0.4, -0.2) is 34.5 Å². The van der Waals surface area contributed by atoms with E-state index in [1.54, 1.807) is 18.5 Å². The van der Waals surface area contributed by atoms with E-state index in [0.717, 1.165) is 5.56 Å². The second-order valence-corrected chi connectivity index (χ2v) is 6.68.